The average Bonchev–Trinajstić information content (AvgIpc) is 2.15. The van der Waals surface area contributed by atoms with Gasteiger partial charge in [-0.15, -0.1) is 0 Å². The fraction of sp³-hybridized carbons (Fsp3) is 0.333. The molecule has 0 bridgehead atoms. The minimum Gasteiger partial charge on any atom is -0.481 e. The van der Waals surface area contributed by atoms with E-state index in [-0.39, 0.29) is 0 Å². The number of carbonyl (C=O) groups is 1. The number of hydrogen-bond acceptors (Lipinski definition) is 3. The molecule has 3 heteroatoms. The molecule has 0 aromatic carbocycles. The largest absolute Gasteiger partial charge is 0.481 e. The summed E-state index contributed by atoms with van der Waals surface area (Å²) in [6.07, 6.45) is 3.93. The van der Waals surface area contributed by atoms with Crippen molar-refractivity contribution >= 4 is 6.29 Å². The maximum atomic E-state index is 10.1. The number of aldehydes is 1. The van der Waals surface area contributed by atoms with Gasteiger partial charge in [-0.25, -0.2) is 4.98 Å². The van der Waals surface area contributed by atoms with Crippen molar-refractivity contribution in [3.63, 3.8) is 0 Å². The molecule has 1 aromatic rings. The molecule has 0 unspecified atom stereocenters. The summed E-state index contributed by atoms with van der Waals surface area (Å²) in [5.41, 5.74) is 1.06. The molecule has 0 saturated carbocycles. The van der Waals surface area contributed by atoms with E-state index in [0.717, 1.165) is 18.3 Å². The van der Waals surface area contributed by atoms with E-state index in [1.807, 2.05) is 6.07 Å². The van der Waals surface area contributed by atoms with Crippen LogP contribution in [-0.2, 0) is 11.2 Å². The molecule has 1 rings (SSSR count). The van der Waals surface area contributed by atoms with Gasteiger partial charge in [0.2, 0.25) is 5.88 Å². The maximum Gasteiger partial charge on any atom is 0.212 e. The van der Waals surface area contributed by atoms with Crippen molar-refractivity contribution in [2.45, 2.75) is 12.8 Å². The second-order valence-electron chi connectivity index (χ2n) is 2.41. The fourth-order valence-corrected chi connectivity index (χ4v) is 0.905. The lowest BCUT2D eigenvalue weighted by Crippen LogP contribution is -1.90. The zero-order valence-corrected chi connectivity index (χ0v) is 6.99. The topological polar surface area (TPSA) is 39.2 Å². The maximum absolute atomic E-state index is 10.1. The molecule has 1 heterocycles. The number of ether oxygens (including phenoxy) is 1. The number of hydrogen-bond donors (Lipinski definition) is 0. The normalized spacial score (nSPS) is 9.42. The third-order valence-electron chi connectivity index (χ3n) is 1.56. The summed E-state index contributed by atoms with van der Waals surface area (Å²) in [6, 6.07) is 3.70. The van der Waals surface area contributed by atoms with E-state index in [0.29, 0.717) is 12.3 Å². The highest BCUT2D eigenvalue weighted by Gasteiger charge is 1.94. The predicted octanol–water partition coefficient (Wildman–Crippen LogP) is 1.22. The van der Waals surface area contributed by atoms with Crippen LogP contribution in [-0.4, -0.2) is 18.4 Å². The number of aromatic nitrogens is 1. The Morgan fingerprint density at radius 1 is 1.58 bits per heavy atom. The smallest absolute Gasteiger partial charge is 0.212 e. The Kier molecular flexibility index (Phi) is 3.26. The molecule has 0 aliphatic heterocycles. The van der Waals surface area contributed by atoms with Crippen LogP contribution in [0.1, 0.15) is 12.0 Å². The lowest BCUT2D eigenvalue weighted by atomic mass is 10.2. The van der Waals surface area contributed by atoms with E-state index < -0.39 is 0 Å². The average molecular weight is 165 g/mol. The minimum atomic E-state index is 0.550. The van der Waals surface area contributed by atoms with Gasteiger partial charge in [0.15, 0.2) is 0 Å². The van der Waals surface area contributed by atoms with Crippen LogP contribution in [0, 0.1) is 0 Å². The summed E-state index contributed by atoms with van der Waals surface area (Å²) in [7, 11) is 1.58. The van der Waals surface area contributed by atoms with Crippen LogP contribution in [0.5, 0.6) is 5.88 Å². The Balaban J connectivity index is 2.58. The van der Waals surface area contributed by atoms with Crippen molar-refractivity contribution in [1.29, 1.82) is 0 Å². The third-order valence-corrected chi connectivity index (χ3v) is 1.56. The second kappa shape index (κ2) is 4.49. The van der Waals surface area contributed by atoms with Crippen molar-refractivity contribution in [3.05, 3.63) is 23.9 Å². The van der Waals surface area contributed by atoms with Crippen LogP contribution < -0.4 is 4.74 Å². The number of carbonyl (C=O) groups excluding carboxylic acids is 1. The fourth-order valence-electron chi connectivity index (χ4n) is 0.905. The van der Waals surface area contributed by atoms with Crippen LogP contribution in [0.15, 0.2) is 18.3 Å². The second-order valence-corrected chi connectivity index (χ2v) is 2.41. The van der Waals surface area contributed by atoms with E-state index in [9.17, 15) is 4.79 Å². The van der Waals surface area contributed by atoms with E-state index in [2.05, 4.69) is 4.98 Å². The van der Waals surface area contributed by atoms with Crippen LogP contribution in [0.2, 0.25) is 0 Å². The SMILES string of the molecule is COc1ccc(CCC=O)cn1. The van der Waals surface area contributed by atoms with Gasteiger partial charge in [-0.3, -0.25) is 0 Å². The van der Waals surface area contributed by atoms with E-state index in [4.69, 9.17) is 4.74 Å². The highest BCUT2D eigenvalue weighted by Crippen LogP contribution is 2.07. The van der Waals surface area contributed by atoms with E-state index >= 15 is 0 Å². The number of nitrogens with zero attached hydrogens (tertiary/aromatic N) is 1. The van der Waals surface area contributed by atoms with Gasteiger partial charge in [-0.05, 0) is 12.0 Å². The highest BCUT2D eigenvalue weighted by atomic mass is 16.5. The molecule has 12 heavy (non-hydrogen) atoms. The molecule has 0 N–H and O–H groups in total. The predicted molar refractivity (Wildman–Crippen MR) is 45.2 cm³/mol. The summed E-state index contributed by atoms with van der Waals surface area (Å²) in [5, 5.41) is 0. The van der Waals surface area contributed by atoms with Gasteiger partial charge < -0.3 is 9.53 Å². The number of pyridine rings is 1. The Labute approximate surface area is 71.4 Å². The molecule has 0 amide bonds. The van der Waals surface area contributed by atoms with Crippen molar-refractivity contribution in [2.75, 3.05) is 7.11 Å². The molecule has 0 fully saturated rings. The lowest BCUT2D eigenvalue weighted by molar-refractivity contribution is -0.107. The summed E-state index contributed by atoms with van der Waals surface area (Å²) in [5.74, 6) is 0.602. The molecule has 0 spiro atoms. The summed E-state index contributed by atoms with van der Waals surface area (Å²) < 4.78 is 4.89. The Bertz CT molecular complexity index is 243. The van der Waals surface area contributed by atoms with Gasteiger partial charge >= 0.3 is 0 Å². The van der Waals surface area contributed by atoms with Crippen LogP contribution >= 0.6 is 0 Å². The number of methoxy groups -OCH3 is 1. The van der Waals surface area contributed by atoms with E-state index in [1.165, 1.54) is 0 Å². The van der Waals surface area contributed by atoms with E-state index in [1.54, 1.807) is 19.4 Å². The standard InChI is InChI=1S/C9H11NO2/c1-12-9-5-4-8(7-10-9)3-2-6-11/h4-7H,2-3H2,1H3. The first-order chi connectivity index (χ1) is 5.86. The first-order valence-electron chi connectivity index (χ1n) is 3.79. The first-order valence-corrected chi connectivity index (χ1v) is 3.79. The van der Waals surface area contributed by atoms with Crippen LogP contribution in [0.3, 0.4) is 0 Å². The molecule has 0 radical (unpaired) electrons. The third kappa shape index (κ3) is 2.34. The van der Waals surface area contributed by atoms with Gasteiger partial charge in [-0.2, -0.15) is 0 Å². The minimum absolute atomic E-state index is 0.550. The molecule has 3 nitrogen and oxygen atoms in total. The van der Waals surface area contributed by atoms with Crippen LogP contribution in [0.25, 0.3) is 0 Å². The molecule has 0 saturated heterocycles. The zero-order valence-electron chi connectivity index (χ0n) is 6.99. The lowest BCUT2D eigenvalue weighted by Gasteiger charge is -1.99. The molecular weight excluding hydrogens is 154 g/mol. The molecule has 0 atom stereocenters. The molecule has 1 aromatic heterocycles. The van der Waals surface area contributed by atoms with Crippen LogP contribution in [0.4, 0.5) is 0 Å². The number of rotatable bonds is 4. The molecule has 64 valence electrons. The summed E-state index contributed by atoms with van der Waals surface area (Å²) in [6.45, 7) is 0. The van der Waals surface area contributed by atoms with Crippen molar-refractivity contribution in [3.8, 4) is 5.88 Å². The molecule has 0 aliphatic rings. The number of aryl methyl sites for hydroxylation is 1. The summed E-state index contributed by atoms with van der Waals surface area (Å²) in [4.78, 5) is 14.1. The monoisotopic (exact) mass is 165 g/mol. The van der Waals surface area contributed by atoms with Crippen molar-refractivity contribution in [2.24, 2.45) is 0 Å². The van der Waals surface area contributed by atoms with Gasteiger partial charge in [0.05, 0.1) is 7.11 Å². The zero-order chi connectivity index (χ0) is 8.81. The van der Waals surface area contributed by atoms with Gasteiger partial charge in [0.1, 0.15) is 6.29 Å². The summed E-state index contributed by atoms with van der Waals surface area (Å²) >= 11 is 0. The van der Waals surface area contributed by atoms with Gasteiger partial charge in [-0.1, -0.05) is 6.07 Å². The molecular formula is C9H11NO2. The highest BCUT2D eigenvalue weighted by molar-refractivity contribution is 5.49. The quantitative estimate of drug-likeness (QED) is 0.630. The van der Waals surface area contributed by atoms with Crippen molar-refractivity contribution < 1.29 is 9.53 Å². The Morgan fingerprint density at radius 2 is 2.42 bits per heavy atom. The Morgan fingerprint density at radius 3 is 2.92 bits per heavy atom. The van der Waals surface area contributed by atoms with Gasteiger partial charge in [0.25, 0.3) is 0 Å². The van der Waals surface area contributed by atoms with Crippen molar-refractivity contribution in [1.82, 2.24) is 4.98 Å². The molecule has 0 aliphatic carbocycles. The van der Waals surface area contributed by atoms with Gasteiger partial charge in [0, 0.05) is 18.7 Å². The Hall–Kier alpha value is -1.38. The first kappa shape index (κ1) is 8.71.